The summed E-state index contributed by atoms with van der Waals surface area (Å²) in [6.45, 7) is 2.58. The van der Waals surface area contributed by atoms with Gasteiger partial charge in [0.05, 0.1) is 4.90 Å². The van der Waals surface area contributed by atoms with Crippen molar-refractivity contribution in [2.45, 2.75) is 49.8 Å². The van der Waals surface area contributed by atoms with Crippen LogP contribution >= 0.6 is 0 Å². The molecule has 1 heterocycles. The zero-order valence-corrected chi connectivity index (χ0v) is 24.1. The van der Waals surface area contributed by atoms with Crippen LogP contribution in [-0.4, -0.2) is 61.5 Å². The molecule has 1 fully saturated rings. The Balaban J connectivity index is 1.49. The van der Waals surface area contributed by atoms with E-state index >= 15 is 0 Å². The number of hydrogen-bond donors (Lipinski definition) is 4. The third-order valence-corrected chi connectivity index (χ3v) is 8.45. The zero-order valence-electron chi connectivity index (χ0n) is 23.3. The minimum Gasteiger partial charge on any atom is -0.445 e. The lowest BCUT2D eigenvalue weighted by molar-refractivity contribution is -0.134. The first-order valence-electron chi connectivity index (χ1n) is 13.6. The molecular formula is C30H35N5O6S. The number of ether oxygens (including phenoxy) is 1. The summed E-state index contributed by atoms with van der Waals surface area (Å²) in [6.07, 6.45) is 0.691. The predicted molar refractivity (Wildman–Crippen MR) is 157 cm³/mol. The summed E-state index contributed by atoms with van der Waals surface area (Å²) >= 11 is 0. The van der Waals surface area contributed by atoms with Crippen LogP contribution in [0.4, 0.5) is 4.79 Å². The zero-order chi connectivity index (χ0) is 30.1. The summed E-state index contributed by atoms with van der Waals surface area (Å²) < 4.78 is 34.6. The SMILES string of the molecule is Cc1ccc(S(=O)(=O)N[C@@H](Cc2cccc(/C(N)=N/O)c2)C(=O)N2CCC[C@H](NC(=O)OCc3ccccc3)C2)cc1. The fourth-order valence-electron chi connectivity index (χ4n) is 4.75. The normalized spacial score (nSPS) is 16.5. The molecule has 4 rings (SSSR count). The lowest BCUT2D eigenvalue weighted by Gasteiger charge is -2.35. The maximum atomic E-state index is 13.8. The number of benzene rings is 3. The number of sulfonamides is 1. The Kier molecular flexibility index (Phi) is 10.2. The quantitative estimate of drug-likeness (QED) is 0.122. The van der Waals surface area contributed by atoms with Gasteiger partial charge in [-0.1, -0.05) is 71.4 Å². The van der Waals surface area contributed by atoms with Gasteiger partial charge in [0.25, 0.3) is 0 Å². The van der Waals surface area contributed by atoms with Crippen LogP contribution in [-0.2, 0) is 32.6 Å². The fourth-order valence-corrected chi connectivity index (χ4v) is 5.94. The summed E-state index contributed by atoms with van der Waals surface area (Å²) in [6, 6.07) is 20.8. The molecule has 0 bridgehead atoms. The highest BCUT2D eigenvalue weighted by Crippen LogP contribution is 2.18. The molecular weight excluding hydrogens is 558 g/mol. The fraction of sp³-hybridized carbons (Fsp3) is 0.300. The molecule has 0 saturated carbocycles. The first-order chi connectivity index (χ1) is 20.1. The molecule has 5 N–H and O–H groups in total. The molecule has 0 unspecified atom stereocenters. The van der Waals surface area contributed by atoms with Gasteiger partial charge in [-0.2, -0.15) is 4.72 Å². The van der Waals surface area contributed by atoms with Crippen molar-refractivity contribution < 1.29 is 28.0 Å². The number of carbonyl (C=O) groups excluding carboxylic acids is 2. The van der Waals surface area contributed by atoms with Crippen LogP contribution < -0.4 is 15.8 Å². The molecule has 12 heteroatoms. The molecule has 1 aliphatic rings. The van der Waals surface area contributed by atoms with E-state index in [1.807, 2.05) is 37.3 Å². The van der Waals surface area contributed by atoms with Crippen LogP contribution in [0, 0.1) is 6.92 Å². The second-order valence-corrected chi connectivity index (χ2v) is 11.9. The van der Waals surface area contributed by atoms with E-state index in [1.54, 1.807) is 41.3 Å². The van der Waals surface area contributed by atoms with Crippen LogP contribution in [0.2, 0.25) is 0 Å². The maximum Gasteiger partial charge on any atom is 0.407 e. The van der Waals surface area contributed by atoms with Crippen LogP contribution in [0.15, 0.2) is 88.9 Å². The van der Waals surface area contributed by atoms with Crippen molar-refractivity contribution in [3.8, 4) is 0 Å². The Morgan fingerprint density at radius 3 is 2.50 bits per heavy atom. The molecule has 222 valence electrons. The molecule has 3 aromatic carbocycles. The summed E-state index contributed by atoms with van der Waals surface area (Å²) in [5.74, 6) is -0.534. The maximum absolute atomic E-state index is 13.8. The van der Waals surface area contributed by atoms with Gasteiger partial charge in [0, 0.05) is 24.7 Å². The molecule has 0 aliphatic carbocycles. The van der Waals surface area contributed by atoms with Gasteiger partial charge in [-0.05, 0) is 55.5 Å². The van der Waals surface area contributed by atoms with E-state index in [9.17, 15) is 18.0 Å². The van der Waals surface area contributed by atoms with Gasteiger partial charge in [-0.15, -0.1) is 0 Å². The van der Waals surface area contributed by atoms with Gasteiger partial charge < -0.3 is 25.9 Å². The number of alkyl carbamates (subject to hydrolysis) is 1. The number of oxime groups is 1. The van der Waals surface area contributed by atoms with Crippen molar-refractivity contribution in [3.05, 3.63) is 101 Å². The van der Waals surface area contributed by atoms with E-state index in [0.29, 0.717) is 30.5 Å². The average Bonchev–Trinajstić information content (AvgIpc) is 3.00. The predicted octanol–water partition coefficient (Wildman–Crippen LogP) is 2.90. The Labute approximate surface area is 245 Å². The van der Waals surface area contributed by atoms with Crippen LogP contribution in [0.3, 0.4) is 0 Å². The Morgan fingerprint density at radius 2 is 1.79 bits per heavy atom. The minimum atomic E-state index is -4.05. The molecule has 1 saturated heterocycles. The lowest BCUT2D eigenvalue weighted by Crippen LogP contribution is -2.55. The third-order valence-electron chi connectivity index (χ3n) is 6.96. The molecule has 0 radical (unpaired) electrons. The number of hydrogen-bond acceptors (Lipinski definition) is 7. The van der Waals surface area contributed by atoms with E-state index in [-0.39, 0.29) is 36.3 Å². The summed E-state index contributed by atoms with van der Waals surface area (Å²) in [7, 11) is -4.05. The number of amidine groups is 1. The van der Waals surface area contributed by atoms with Crippen molar-refractivity contribution >= 4 is 27.9 Å². The number of piperidine rings is 1. The van der Waals surface area contributed by atoms with E-state index in [1.165, 1.54) is 12.1 Å². The molecule has 1 aliphatic heterocycles. The highest BCUT2D eigenvalue weighted by molar-refractivity contribution is 7.89. The summed E-state index contributed by atoms with van der Waals surface area (Å²) in [5.41, 5.74) is 8.53. The molecule has 2 atom stereocenters. The first-order valence-corrected chi connectivity index (χ1v) is 15.0. The molecule has 0 spiro atoms. The van der Waals surface area contributed by atoms with E-state index in [4.69, 9.17) is 15.7 Å². The second kappa shape index (κ2) is 14.0. The number of carbonyl (C=O) groups is 2. The van der Waals surface area contributed by atoms with Crippen molar-refractivity contribution in [1.82, 2.24) is 14.9 Å². The second-order valence-electron chi connectivity index (χ2n) is 10.2. The Hall–Kier alpha value is -4.42. The number of nitrogens with zero attached hydrogens (tertiary/aromatic N) is 2. The summed E-state index contributed by atoms with van der Waals surface area (Å²) in [5, 5.41) is 14.9. The largest absolute Gasteiger partial charge is 0.445 e. The molecule has 42 heavy (non-hydrogen) atoms. The third kappa shape index (κ3) is 8.30. The Morgan fingerprint density at radius 1 is 1.07 bits per heavy atom. The monoisotopic (exact) mass is 593 g/mol. The van der Waals surface area contributed by atoms with Gasteiger partial charge in [-0.3, -0.25) is 4.79 Å². The van der Waals surface area contributed by atoms with Gasteiger partial charge >= 0.3 is 6.09 Å². The van der Waals surface area contributed by atoms with Crippen molar-refractivity contribution in [1.29, 1.82) is 0 Å². The molecule has 2 amide bonds. The van der Waals surface area contributed by atoms with Gasteiger partial charge in [0.1, 0.15) is 12.6 Å². The first kappa shape index (κ1) is 30.5. The van der Waals surface area contributed by atoms with E-state index in [2.05, 4.69) is 15.2 Å². The number of nitrogens with two attached hydrogens (primary N) is 1. The number of nitrogens with one attached hydrogen (secondary N) is 2. The van der Waals surface area contributed by atoms with Gasteiger partial charge in [-0.25, -0.2) is 13.2 Å². The van der Waals surface area contributed by atoms with E-state index in [0.717, 1.165) is 11.1 Å². The molecule has 11 nitrogen and oxygen atoms in total. The highest BCUT2D eigenvalue weighted by Gasteiger charge is 2.33. The Bertz CT molecular complexity index is 1510. The number of aryl methyl sites for hydroxylation is 1. The van der Waals surface area contributed by atoms with Crippen molar-refractivity contribution in [3.63, 3.8) is 0 Å². The van der Waals surface area contributed by atoms with Gasteiger partial charge in [0.2, 0.25) is 15.9 Å². The molecule has 0 aromatic heterocycles. The number of amides is 2. The number of likely N-dealkylation sites (tertiary alicyclic amines) is 1. The smallest absolute Gasteiger partial charge is 0.407 e. The highest BCUT2D eigenvalue weighted by atomic mass is 32.2. The van der Waals surface area contributed by atoms with Crippen molar-refractivity contribution in [2.75, 3.05) is 13.1 Å². The minimum absolute atomic E-state index is 0.0180. The topological polar surface area (TPSA) is 163 Å². The lowest BCUT2D eigenvalue weighted by atomic mass is 10.0. The van der Waals surface area contributed by atoms with Crippen molar-refractivity contribution in [2.24, 2.45) is 10.9 Å². The summed E-state index contributed by atoms with van der Waals surface area (Å²) in [4.78, 5) is 27.9. The van der Waals surface area contributed by atoms with E-state index < -0.39 is 28.1 Å². The average molecular weight is 594 g/mol. The van der Waals surface area contributed by atoms with Crippen LogP contribution in [0.25, 0.3) is 0 Å². The standard InChI is InChI=1S/C30H35N5O6S/c1-21-12-14-26(15-13-21)42(39,40)34-27(18-23-9-5-10-24(17-23)28(31)33-38)29(36)35-16-6-11-25(19-35)32-30(37)41-20-22-7-3-2-4-8-22/h2-5,7-10,12-15,17,25,27,34,38H,6,11,16,18-20H2,1H3,(H2,31,33)(H,32,37)/t25-,27-/m0/s1. The number of rotatable bonds is 10. The van der Waals surface area contributed by atoms with Crippen LogP contribution in [0.5, 0.6) is 0 Å². The molecule has 3 aromatic rings. The van der Waals surface area contributed by atoms with Crippen LogP contribution in [0.1, 0.15) is 35.1 Å². The van der Waals surface area contributed by atoms with Gasteiger partial charge in [0.15, 0.2) is 5.84 Å².